The Bertz CT molecular complexity index is 726. The number of alkyl halides is 6. The third kappa shape index (κ3) is 4.10. The number of urea groups is 1. The summed E-state index contributed by atoms with van der Waals surface area (Å²) in [5, 5.41) is 11.9. The third-order valence-electron chi connectivity index (χ3n) is 4.16. The van der Waals surface area contributed by atoms with Crippen LogP contribution in [0.1, 0.15) is 6.42 Å². The van der Waals surface area contributed by atoms with E-state index in [4.69, 9.17) is 0 Å². The van der Waals surface area contributed by atoms with E-state index in [0.29, 0.717) is 17.8 Å². The third-order valence-corrected chi connectivity index (χ3v) is 4.16. The van der Waals surface area contributed by atoms with Gasteiger partial charge in [0.25, 0.3) is 5.60 Å². The lowest BCUT2D eigenvalue weighted by molar-refractivity contribution is -0.351. The van der Waals surface area contributed by atoms with Gasteiger partial charge in [0.05, 0.1) is 6.04 Å². The highest BCUT2D eigenvalue weighted by Gasteiger charge is 2.71. The van der Waals surface area contributed by atoms with Crippen molar-refractivity contribution in [2.24, 2.45) is 0 Å². The van der Waals surface area contributed by atoms with Crippen LogP contribution in [-0.4, -0.2) is 47.1 Å². The number of nitrogens with zero attached hydrogens (tertiary/aromatic N) is 1. The minimum absolute atomic E-state index is 0.320. The number of benzene rings is 1. The number of para-hydroxylation sites is 1. The van der Waals surface area contributed by atoms with E-state index in [1.807, 2.05) is 0 Å². The maximum Gasteiger partial charge on any atom is 0.430 e. The summed E-state index contributed by atoms with van der Waals surface area (Å²) in [7, 11) is 1.35. The minimum Gasteiger partial charge on any atom is -0.370 e. The van der Waals surface area contributed by atoms with Crippen molar-refractivity contribution in [1.82, 2.24) is 4.90 Å². The molecule has 4 nitrogen and oxygen atoms in total. The van der Waals surface area contributed by atoms with Gasteiger partial charge in [0.1, 0.15) is 0 Å². The Balaban J connectivity index is 2.14. The zero-order valence-corrected chi connectivity index (χ0v) is 14.0. The molecule has 0 fully saturated rings. The van der Waals surface area contributed by atoms with E-state index in [1.165, 1.54) is 7.05 Å². The Labute approximate surface area is 150 Å². The number of anilines is 1. The Morgan fingerprint density at radius 2 is 1.67 bits per heavy atom. The molecule has 0 aromatic heterocycles. The number of hydrogen-bond acceptors (Lipinski definition) is 2. The molecule has 1 aliphatic rings. The molecule has 10 heteroatoms. The number of aliphatic hydroxyl groups is 1. The summed E-state index contributed by atoms with van der Waals surface area (Å²) in [6.45, 7) is 0. The maximum absolute atomic E-state index is 12.9. The number of halogens is 6. The summed E-state index contributed by atoms with van der Waals surface area (Å²) in [5.41, 5.74) is -5.81. The van der Waals surface area contributed by atoms with Crippen LogP contribution in [0.25, 0.3) is 0 Å². The van der Waals surface area contributed by atoms with Crippen LogP contribution in [0.15, 0.2) is 54.1 Å². The van der Waals surface area contributed by atoms with Crippen LogP contribution in [0.4, 0.5) is 36.8 Å². The lowest BCUT2D eigenvalue weighted by Gasteiger charge is -2.35. The fraction of sp³-hybridized carbons (Fsp3) is 0.353. The first-order chi connectivity index (χ1) is 12.4. The van der Waals surface area contributed by atoms with Crippen molar-refractivity contribution in [1.29, 1.82) is 0 Å². The van der Waals surface area contributed by atoms with Gasteiger partial charge in [0.15, 0.2) is 0 Å². The van der Waals surface area contributed by atoms with Gasteiger partial charge in [-0.1, -0.05) is 36.4 Å². The number of hydrogen-bond donors (Lipinski definition) is 2. The van der Waals surface area contributed by atoms with Crippen LogP contribution >= 0.6 is 0 Å². The van der Waals surface area contributed by atoms with Crippen LogP contribution in [0.3, 0.4) is 0 Å². The molecule has 2 rings (SSSR count). The smallest absolute Gasteiger partial charge is 0.370 e. The molecule has 1 atom stereocenters. The average Bonchev–Trinajstić information content (AvgIpc) is 2.59. The van der Waals surface area contributed by atoms with E-state index < -0.39 is 35.6 Å². The number of carbonyl (C=O) groups excluding carboxylic acids is 1. The van der Waals surface area contributed by atoms with Crippen molar-refractivity contribution < 1.29 is 36.2 Å². The molecule has 2 amide bonds. The highest BCUT2D eigenvalue weighted by atomic mass is 19.4. The molecule has 0 spiro atoms. The lowest BCUT2D eigenvalue weighted by atomic mass is 9.87. The van der Waals surface area contributed by atoms with Crippen molar-refractivity contribution in [2.75, 3.05) is 12.4 Å². The fourth-order valence-electron chi connectivity index (χ4n) is 2.54. The van der Waals surface area contributed by atoms with E-state index in [-0.39, 0.29) is 6.42 Å². The number of carbonyl (C=O) groups is 1. The van der Waals surface area contributed by atoms with Gasteiger partial charge in [0, 0.05) is 12.7 Å². The second kappa shape index (κ2) is 7.26. The quantitative estimate of drug-likeness (QED) is 0.753. The van der Waals surface area contributed by atoms with Crippen molar-refractivity contribution in [2.45, 2.75) is 30.4 Å². The molecule has 1 unspecified atom stereocenters. The molecule has 2 N–H and O–H groups in total. The average molecular weight is 394 g/mol. The van der Waals surface area contributed by atoms with E-state index in [9.17, 15) is 36.2 Å². The number of rotatable bonds is 3. The molecule has 0 radical (unpaired) electrons. The summed E-state index contributed by atoms with van der Waals surface area (Å²) in [6.07, 6.45) is -10.0. The van der Waals surface area contributed by atoms with Crippen molar-refractivity contribution >= 4 is 11.7 Å². The van der Waals surface area contributed by atoms with E-state index in [2.05, 4.69) is 5.32 Å². The van der Waals surface area contributed by atoms with Gasteiger partial charge < -0.3 is 15.3 Å². The summed E-state index contributed by atoms with van der Waals surface area (Å²) >= 11 is 0. The lowest BCUT2D eigenvalue weighted by Crippen LogP contribution is -2.58. The first kappa shape index (κ1) is 20.8. The van der Waals surface area contributed by atoms with Crippen molar-refractivity contribution in [3.63, 3.8) is 0 Å². The second-order valence-electron chi connectivity index (χ2n) is 5.93. The van der Waals surface area contributed by atoms with Crippen LogP contribution in [0.5, 0.6) is 0 Å². The zero-order chi connectivity index (χ0) is 20.5. The highest BCUT2D eigenvalue weighted by molar-refractivity contribution is 5.89. The van der Waals surface area contributed by atoms with Gasteiger partial charge in [-0.2, -0.15) is 26.3 Å². The molecule has 0 saturated heterocycles. The highest BCUT2D eigenvalue weighted by Crippen LogP contribution is 2.48. The molecule has 0 aliphatic heterocycles. The maximum atomic E-state index is 12.9. The zero-order valence-electron chi connectivity index (χ0n) is 14.0. The number of nitrogens with one attached hydrogen (secondary N) is 1. The Morgan fingerprint density at radius 1 is 1.11 bits per heavy atom. The largest absolute Gasteiger partial charge is 0.430 e. The molecule has 1 aromatic carbocycles. The monoisotopic (exact) mass is 394 g/mol. The summed E-state index contributed by atoms with van der Waals surface area (Å²) < 4.78 is 77.4. The Morgan fingerprint density at radius 3 is 2.11 bits per heavy atom. The SMILES string of the molecule is CN(C(=O)Nc1ccccc1)C1C=CC(C(O)(C(F)(F)F)C(F)(F)F)=CC1. The molecule has 148 valence electrons. The van der Waals surface area contributed by atoms with Crippen molar-refractivity contribution in [3.05, 3.63) is 54.1 Å². The van der Waals surface area contributed by atoms with Gasteiger partial charge in [-0.3, -0.25) is 0 Å². The van der Waals surface area contributed by atoms with Gasteiger partial charge in [-0.15, -0.1) is 0 Å². The predicted molar refractivity (Wildman–Crippen MR) is 85.9 cm³/mol. The first-order valence-corrected chi connectivity index (χ1v) is 7.71. The predicted octanol–water partition coefficient (Wildman–Crippen LogP) is 4.26. The second-order valence-corrected chi connectivity index (χ2v) is 5.93. The van der Waals surface area contributed by atoms with Crippen molar-refractivity contribution in [3.8, 4) is 0 Å². The van der Waals surface area contributed by atoms with Gasteiger partial charge in [-0.05, 0) is 24.1 Å². The molecule has 27 heavy (non-hydrogen) atoms. The standard InChI is InChI=1S/C17H16F6N2O2/c1-25(14(26)24-12-5-3-2-4-6-12)13-9-7-11(8-10-13)15(27,16(18,19)20)17(21,22)23/h2-9,13,27H,10H2,1H3,(H,24,26). The summed E-state index contributed by atoms with van der Waals surface area (Å²) in [6, 6.07) is 6.97. The van der Waals surface area contributed by atoms with Crippen LogP contribution in [0, 0.1) is 0 Å². The van der Waals surface area contributed by atoms with E-state index in [1.54, 1.807) is 30.3 Å². The molecular weight excluding hydrogens is 378 g/mol. The first-order valence-electron chi connectivity index (χ1n) is 7.71. The topological polar surface area (TPSA) is 52.6 Å². The Kier molecular flexibility index (Phi) is 5.60. The molecular formula is C17H16F6N2O2. The minimum atomic E-state index is -5.94. The Hall–Kier alpha value is -2.49. The fourth-order valence-corrected chi connectivity index (χ4v) is 2.54. The molecule has 0 heterocycles. The van der Waals surface area contributed by atoms with E-state index in [0.717, 1.165) is 11.0 Å². The van der Waals surface area contributed by atoms with E-state index >= 15 is 0 Å². The molecule has 1 aliphatic carbocycles. The number of likely N-dealkylation sites (N-methyl/N-ethyl adjacent to an activating group) is 1. The van der Waals surface area contributed by atoms with Crippen LogP contribution in [0.2, 0.25) is 0 Å². The van der Waals surface area contributed by atoms with Gasteiger partial charge in [-0.25, -0.2) is 4.79 Å². The molecule has 1 aromatic rings. The number of amides is 2. The summed E-state index contributed by atoms with van der Waals surface area (Å²) in [4.78, 5) is 13.3. The summed E-state index contributed by atoms with van der Waals surface area (Å²) in [5.74, 6) is 0. The molecule has 0 bridgehead atoms. The molecule has 0 saturated carbocycles. The van der Waals surface area contributed by atoms with Crippen LogP contribution in [-0.2, 0) is 0 Å². The normalized spacial score (nSPS) is 18.1. The van der Waals surface area contributed by atoms with Gasteiger partial charge >= 0.3 is 18.4 Å². The van der Waals surface area contributed by atoms with Gasteiger partial charge in [0.2, 0.25) is 0 Å². The van der Waals surface area contributed by atoms with Crippen LogP contribution < -0.4 is 5.32 Å².